The minimum atomic E-state index is -0.900. The molecule has 1 fully saturated rings. The summed E-state index contributed by atoms with van der Waals surface area (Å²) >= 11 is 0. The van der Waals surface area contributed by atoms with E-state index in [2.05, 4.69) is 5.32 Å². The minimum absolute atomic E-state index is 0.260. The summed E-state index contributed by atoms with van der Waals surface area (Å²) in [4.78, 5) is 11.9. The van der Waals surface area contributed by atoms with Crippen molar-refractivity contribution in [3.8, 4) is 0 Å². The van der Waals surface area contributed by atoms with Gasteiger partial charge in [0.05, 0.1) is 17.4 Å². The fourth-order valence-electron chi connectivity index (χ4n) is 2.46. The summed E-state index contributed by atoms with van der Waals surface area (Å²) in [5, 5.41) is 12.0. The van der Waals surface area contributed by atoms with Crippen molar-refractivity contribution in [3.63, 3.8) is 0 Å². The maximum atomic E-state index is 13.7. The molecule has 1 saturated carbocycles. The first-order valence-electron chi connectivity index (χ1n) is 6.68. The number of aliphatic hydroxyl groups is 1. The van der Waals surface area contributed by atoms with Crippen molar-refractivity contribution in [1.29, 1.82) is 0 Å². The first-order chi connectivity index (χ1) is 9.47. The molecule has 110 valence electrons. The zero-order valence-corrected chi connectivity index (χ0v) is 11.0. The smallest absolute Gasteiger partial charge is 0.254 e. The number of halogens is 2. The summed E-state index contributed by atoms with van der Waals surface area (Å²) in [6.45, 7) is 0.390. The molecule has 0 aromatic heterocycles. The van der Waals surface area contributed by atoms with Gasteiger partial charge in [-0.1, -0.05) is 0 Å². The summed E-state index contributed by atoms with van der Waals surface area (Å²) in [6, 6.07) is 1.68. The molecule has 4 N–H and O–H groups in total. The monoisotopic (exact) mass is 284 g/mol. The topological polar surface area (TPSA) is 75.4 Å². The molecular formula is C14H18F2N2O2. The highest BCUT2D eigenvalue weighted by molar-refractivity contribution is 5.95. The lowest BCUT2D eigenvalue weighted by Crippen LogP contribution is -2.32. The number of benzene rings is 1. The van der Waals surface area contributed by atoms with Gasteiger partial charge in [-0.25, -0.2) is 8.78 Å². The van der Waals surface area contributed by atoms with E-state index in [4.69, 9.17) is 5.73 Å². The largest absolute Gasteiger partial charge is 0.396 e. The molecule has 0 aliphatic heterocycles. The molecule has 1 aliphatic rings. The summed E-state index contributed by atoms with van der Waals surface area (Å²) in [5.41, 5.74) is 4.54. The van der Waals surface area contributed by atoms with Crippen LogP contribution < -0.4 is 11.1 Å². The second-order valence-corrected chi connectivity index (χ2v) is 5.24. The highest BCUT2D eigenvalue weighted by Gasteiger charge is 2.21. The molecule has 0 radical (unpaired) electrons. The Morgan fingerprint density at radius 3 is 2.60 bits per heavy atom. The van der Waals surface area contributed by atoms with Gasteiger partial charge in [0.25, 0.3) is 5.91 Å². The van der Waals surface area contributed by atoms with Gasteiger partial charge in [-0.15, -0.1) is 0 Å². The van der Waals surface area contributed by atoms with Gasteiger partial charge in [0.15, 0.2) is 5.82 Å². The number of nitrogens with two attached hydrogens (primary N) is 1. The third kappa shape index (κ3) is 3.45. The molecule has 0 spiro atoms. The molecule has 1 aliphatic carbocycles. The van der Waals surface area contributed by atoms with Crippen LogP contribution in [0.1, 0.15) is 36.0 Å². The molecule has 0 bridgehead atoms. The predicted molar refractivity (Wildman–Crippen MR) is 71.1 cm³/mol. The van der Waals surface area contributed by atoms with Crippen molar-refractivity contribution in [2.24, 2.45) is 5.92 Å². The first-order valence-corrected chi connectivity index (χ1v) is 6.68. The lowest BCUT2D eigenvalue weighted by Gasteiger charge is -2.25. The van der Waals surface area contributed by atoms with Gasteiger partial charge in [0.2, 0.25) is 0 Å². The second-order valence-electron chi connectivity index (χ2n) is 5.24. The van der Waals surface area contributed by atoms with Crippen LogP contribution in [0, 0.1) is 17.6 Å². The van der Waals surface area contributed by atoms with Crippen molar-refractivity contribution < 1.29 is 18.7 Å². The molecule has 6 heteroatoms. The van der Waals surface area contributed by atoms with Gasteiger partial charge in [-0.3, -0.25) is 4.79 Å². The van der Waals surface area contributed by atoms with Crippen molar-refractivity contribution in [2.45, 2.75) is 31.8 Å². The quantitative estimate of drug-likeness (QED) is 0.741. The maximum Gasteiger partial charge on any atom is 0.254 e. The highest BCUT2D eigenvalue weighted by atomic mass is 19.1. The summed E-state index contributed by atoms with van der Waals surface area (Å²) in [7, 11) is 0. The minimum Gasteiger partial charge on any atom is -0.396 e. The normalized spacial score (nSPS) is 22.6. The summed E-state index contributed by atoms with van der Waals surface area (Å²) in [6.07, 6.45) is 2.79. The number of hydrogen-bond acceptors (Lipinski definition) is 3. The number of carbonyl (C=O) groups excluding carboxylic acids is 1. The lowest BCUT2D eigenvalue weighted by molar-refractivity contribution is 0.0906. The molecular weight excluding hydrogens is 266 g/mol. The molecule has 0 atom stereocenters. The van der Waals surface area contributed by atoms with Crippen molar-refractivity contribution >= 4 is 11.6 Å². The van der Waals surface area contributed by atoms with Gasteiger partial charge in [-0.05, 0) is 43.7 Å². The molecule has 0 unspecified atom stereocenters. The molecule has 1 aromatic carbocycles. The average molecular weight is 284 g/mol. The van der Waals surface area contributed by atoms with Gasteiger partial charge in [0.1, 0.15) is 5.82 Å². The van der Waals surface area contributed by atoms with Crippen LogP contribution in [0.4, 0.5) is 14.5 Å². The van der Waals surface area contributed by atoms with Crippen molar-refractivity contribution in [3.05, 3.63) is 29.3 Å². The van der Waals surface area contributed by atoms with E-state index in [1.165, 1.54) is 0 Å². The third-order valence-electron chi connectivity index (χ3n) is 3.68. The predicted octanol–water partition coefficient (Wildman–Crippen LogP) is 1.83. The van der Waals surface area contributed by atoms with E-state index in [0.29, 0.717) is 19.4 Å². The Bertz CT molecular complexity index is 500. The van der Waals surface area contributed by atoms with Crippen LogP contribution in [-0.2, 0) is 0 Å². The lowest BCUT2D eigenvalue weighted by atomic mass is 9.87. The highest BCUT2D eigenvalue weighted by Crippen LogP contribution is 2.24. The fraction of sp³-hybridized carbons (Fsp3) is 0.500. The molecule has 4 nitrogen and oxygen atoms in total. The Hall–Kier alpha value is -1.69. The number of aliphatic hydroxyl groups excluding tert-OH is 1. The number of amides is 1. The zero-order valence-electron chi connectivity index (χ0n) is 11.0. The summed E-state index contributed by atoms with van der Waals surface area (Å²) < 4.78 is 26.8. The van der Waals surface area contributed by atoms with E-state index in [0.717, 1.165) is 25.0 Å². The Labute approximate surface area is 116 Å². The number of hydrogen-bond donors (Lipinski definition) is 3. The zero-order chi connectivity index (χ0) is 14.7. The SMILES string of the molecule is Nc1cc(F)cc(C(=O)NCC2CCC(O)CC2)c1F. The average Bonchev–Trinajstić information content (AvgIpc) is 2.42. The second kappa shape index (κ2) is 6.17. The van der Waals surface area contributed by atoms with E-state index in [1.54, 1.807) is 0 Å². The van der Waals surface area contributed by atoms with Crippen LogP contribution >= 0.6 is 0 Å². The van der Waals surface area contributed by atoms with E-state index in [9.17, 15) is 18.7 Å². The number of nitrogen functional groups attached to an aromatic ring is 1. The van der Waals surface area contributed by atoms with E-state index < -0.39 is 17.5 Å². The Kier molecular flexibility index (Phi) is 4.54. The number of rotatable bonds is 3. The standard InChI is InChI=1S/C14H18F2N2O2/c15-9-5-11(13(16)12(17)6-9)14(20)18-7-8-1-3-10(19)4-2-8/h5-6,8,10,19H,1-4,7,17H2,(H,18,20). The van der Waals surface area contributed by atoms with E-state index in [1.807, 2.05) is 0 Å². The van der Waals surface area contributed by atoms with E-state index >= 15 is 0 Å². The van der Waals surface area contributed by atoms with Crippen molar-refractivity contribution in [1.82, 2.24) is 5.32 Å². The van der Waals surface area contributed by atoms with Gasteiger partial charge in [-0.2, -0.15) is 0 Å². The number of nitrogens with one attached hydrogen (secondary N) is 1. The van der Waals surface area contributed by atoms with E-state index in [-0.39, 0.29) is 23.3 Å². The van der Waals surface area contributed by atoms with Crippen molar-refractivity contribution in [2.75, 3.05) is 12.3 Å². The van der Waals surface area contributed by atoms with Crippen LogP contribution in [0.25, 0.3) is 0 Å². The summed E-state index contributed by atoms with van der Waals surface area (Å²) in [5.74, 6) is -2.05. The van der Waals surface area contributed by atoms with Crippen LogP contribution in [0.3, 0.4) is 0 Å². The van der Waals surface area contributed by atoms with Gasteiger partial charge in [0, 0.05) is 6.54 Å². The van der Waals surface area contributed by atoms with Crippen LogP contribution in [0.2, 0.25) is 0 Å². The van der Waals surface area contributed by atoms with Crippen LogP contribution in [-0.4, -0.2) is 23.7 Å². The Balaban J connectivity index is 1.95. The molecule has 0 saturated heterocycles. The number of carbonyl (C=O) groups is 1. The van der Waals surface area contributed by atoms with Crippen LogP contribution in [0.5, 0.6) is 0 Å². The van der Waals surface area contributed by atoms with Crippen LogP contribution in [0.15, 0.2) is 12.1 Å². The Morgan fingerprint density at radius 1 is 1.30 bits per heavy atom. The molecule has 1 amide bonds. The third-order valence-corrected chi connectivity index (χ3v) is 3.68. The first kappa shape index (κ1) is 14.7. The van der Waals surface area contributed by atoms with Gasteiger partial charge >= 0.3 is 0 Å². The van der Waals surface area contributed by atoms with Gasteiger partial charge < -0.3 is 16.2 Å². The molecule has 2 rings (SSSR count). The molecule has 1 aromatic rings. The number of anilines is 1. The fourth-order valence-corrected chi connectivity index (χ4v) is 2.46. The Morgan fingerprint density at radius 2 is 1.95 bits per heavy atom. The molecule has 0 heterocycles. The molecule has 20 heavy (non-hydrogen) atoms. The maximum absolute atomic E-state index is 13.7.